The van der Waals surface area contributed by atoms with E-state index in [0.717, 1.165) is 23.2 Å². The molecule has 1 aliphatic rings. The number of amides is 3. The molecule has 178 valence electrons. The minimum absolute atomic E-state index is 0.0493. The second-order valence-corrected chi connectivity index (χ2v) is 9.23. The monoisotopic (exact) mass is 480 g/mol. The van der Waals surface area contributed by atoms with Crippen molar-refractivity contribution in [2.45, 2.75) is 20.3 Å². The minimum Gasteiger partial charge on any atom is -0.459 e. The molecule has 0 aliphatic carbocycles. The number of aryl methyl sites for hydroxylation is 2. The van der Waals surface area contributed by atoms with Gasteiger partial charge in [-0.05, 0) is 48.7 Å². The van der Waals surface area contributed by atoms with E-state index in [2.05, 4.69) is 22.5 Å². The summed E-state index contributed by atoms with van der Waals surface area (Å²) < 4.78 is 5.11. The number of nitrogens with zero attached hydrogens (tertiary/aromatic N) is 2. The Bertz CT molecular complexity index is 1160. The summed E-state index contributed by atoms with van der Waals surface area (Å²) in [7, 11) is 0. The van der Waals surface area contributed by atoms with Crippen molar-refractivity contribution in [1.29, 1.82) is 0 Å². The first kappa shape index (κ1) is 23.7. The Hall–Kier alpha value is -3.43. The van der Waals surface area contributed by atoms with Crippen LogP contribution in [-0.4, -0.2) is 60.2 Å². The van der Waals surface area contributed by atoms with E-state index < -0.39 is 0 Å². The molecule has 2 N–H and O–H groups in total. The van der Waals surface area contributed by atoms with Gasteiger partial charge in [0.2, 0.25) is 5.91 Å². The highest BCUT2D eigenvalue weighted by molar-refractivity contribution is 7.18. The van der Waals surface area contributed by atoms with Crippen LogP contribution in [-0.2, 0) is 11.2 Å². The molecule has 0 unspecified atom stereocenters. The highest BCUT2D eigenvalue weighted by Crippen LogP contribution is 2.28. The molecule has 0 radical (unpaired) electrons. The van der Waals surface area contributed by atoms with E-state index in [-0.39, 0.29) is 23.5 Å². The van der Waals surface area contributed by atoms with Crippen molar-refractivity contribution in [3.05, 3.63) is 70.5 Å². The lowest BCUT2D eigenvalue weighted by Crippen LogP contribution is -2.50. The van der Waals surface area contributed by atoms with Crippen LogP contribution in [0.4, 0.5) is 10.7 Å². The van der Waals surface area contributed by atoms with Crippen LogP contribution in [0.5, 0.6) is 0 Å². The second kappa shape index (κ2) is 10.7. The molecule has 1 fully saturated rings. The van der Waals surface area contributed by atoms with Gasteiger partial charge in [0.1, 0.15) is 0 Å². The van der Waals surface area contributed by atoms with Gasteiger partial charge < -0.3 is 20.0 Å². The summed E-state index contributed by atoms with van der Waals surface area (Å²) >= 11 is 1.26. The number of anilines is 2. The zero-order valence-electron chi connectivity index (χ0n) is 19.3. The fourth-order valence-corrected chi connectivity index (χ4v) is 4.97. The van der Waals surface area contributed by atoms with Crippen molar-refractivity contribution in [2.24, 2.45) is 0 Å². The molecule has 0 spiro atoms. The van der Waals surface area contributed by atoms with Crippen LogP contribution in [0.2, 0.25) is 0 Å². The van der Waals surface area contributed by atoms with Gasteiger partial charge in [-0.2, -0.15) is 0 Å². The Morgan fingerprint density at radius 1 is 1.03 bits per heavy atom. The normalized spacial score (nSPS) is 14.1. The van der Waals surface area contributed by atoms with E-state index in [9.17, 15) is 14.4 Å². The van der Waals surface area contributed by atoms with Crippen LogP contribution in [0.15, 0.2) is 53.1 Å². The van der Waals surface area contributed by atoms with Crippen LogP contribution in [0.25, 0.3) is 0 Å². The van der Waals surface area contributed by atoms with Gasteiger partial charge in [0.05, 0.1) is 22.7 Å². The third-order valence-electron chi connectivity index (χ3n) is 5.79. The maximum atomic E-state index is 13.1. The summed E-state index contributed by atoms with van der Waals surface area (Å²) in [5, 5.41) is 6.39. The van der Waals surface area contributed by atoms with Crippen molar-refractivity contribution >= 4 is 39.7 Å². The molecule has 3 aromatic rings. The minimum atomic E-state index is -0.348. The van der Waals surface area contributed by atoms with Crippen LogP contribution < -0.4 is 10.6 Å². The van der Waals surface area contributed by atoms with E-state index in [1.807, 2.05) is 31.2 Å². The molecule has 3 heterocycles. The molecule has 4 rings (SSSR count). The van der Waals surface area contributed by atoms with Crippen LogP contribution >= 0.6 is 11.3 Å². The van der Waals surface area contributed by atoms with Gasteiger partial charge in [0.15, 0.2) is 5.76 Å². The molecular formula is C25H28N4O4S. The molecule has 0 saturated carbocycles. The number of piperazine rings is 1. The molecule has 2 aromatic heterocycles. The van der Waals surface area contributed by atoms with Gasteiger partial charge >= 0.3 is 0 Å². The van der Waals surface area contributed by atoms with Gasteiger partial charge in [-0.25, -0.2) is 0 Å². The van der Waals surface area contributed by atoms with Gasteiger partial charge in [-0.15, -0.1) is 11.3 Å². The van der Waals surface area contributed by atoms with E-state index in [4.69, 9.17) is 4.42 Å². The molecule has 3 amide bonds. The third-order valence-corrected chi connectivity index (χ3v) is 6.93. The molecular weight excluding hydrogens is 452 g/mol. The Kier molecular flexibility index (Phi) is 7.44. The summed E-state index contributed by atoms with van der Waals surface area (Å²) in [5.41, 5.74) is 2.78. The van der Waals surface area contributed by atoms with Crippen molar-refractivity contribution in [2.75, 3.05) is 43.4 Å². The fraction of sp³-hybridized carbons (Fsp3) is 0.320. The smallest absolute Gasteiger partial charge is 0.291 e. The number of nitrogens with one attached hydrogen (secondary N) is 2. The molecule has 1 aliphatic heterocycles. The lowest BCUT2D eigenvalue weighted by molar-refractivity contribution is -0.117. The summed E-state index contributed by atoms with van der Waals surface area (Å²) in [6.45, 7) is 6.56. The number of furan rings is 1. The number of rotatable bonds is 7. The van der Waals surface area contributed by atoms with Gasteiger partial charge in [0.25, 0.3) is 11.8 Å². The highest BCUT2D eigenvalue weighted by Gasteiger charge is 2.26. The van der Waals surface area contributed by atoms with Crippen LogP contribution in [0, 0.1) is 6.92 Å². The van der Waals surface area contributed by atoms with E-state index in [1.165, 1.54) is 17.6 Å². The topological polar surface area (TPSA) is 94.9 Å². The number of benzene rings is 1. The molecule has 1 aromatic carbocycles. The SMILES string of the molecule is CCc1ccccc1NC(=O)CN1CCN(C(=O)c2sc(NC(=O)c3ccco3)cc2C)CC1. The number of hydrogen-bond acceptors (Lipinski definition) is 6. The number of para-hydroxylation sites is 1. The van der Waals surface area contributed by atoms with E-state index in [1.54, 1.807) is 23.1 Å². The molecule has 34 heavy (non-hydrogen) atoms. The zero-order chi connectivity index (χ0) is 24.1. The van der Waals surface area contributed by atoms with Crippen molar-refractivity contribution in [3.8, 4) is 0 Å². The largest absolute Gasteiger partial charge is 0.459 e. The lowest BCUT2D eigenvalue weighted by atomic mass is 10.1. The first-order chi connectivity index (χ1) is 16.4. The predicted octanol–water partition coefficient (Wildman–Crippen LogP) is 3.86. The third kappa shape index (κ3) is 5.55. The summed E-state index contributed by atoms with van der Waals surface area (Å²) in [6.07, 6.45) is 2.30. The highest BCUT2D eigenvalue weighted by atomic mass is 32.1. The average molecular weight is 481 g/mol. The van der Waals surface area contributed by atoms with Crippen molar-refractivity contribution in [1.82, 2.24) is 9.80 Å². The standard InChI is InChI=1S/C25H28N4O4S/c1-3-18-7-4-5-8-19(18)26-21(30)16-28-10-12-29(13-11-28)25(32)23-17(2)15-22(34-23)27-24(31)20-9-6-14-33-20/h4-9,14-15H,3,10-13,16H2,1-2H3,(H,26,30)(H,27,31). The number of thiophene rings is 1. The Labute approximate surface area is 202 Å². The van der Waals surface area contributed by atoms with Crippen LogP contribution in [0.1, 0.15) is 38.3 Å². The van der Waals surface area contributed by atoms with Crippen molar-refractivity contribution in [3.63, 3.8) is 0 Å². The second-order valence-electron chi connectivity index (χ2n) is 8.18. The molecule has 1 saturated heterocycles. The van der Waals surface area contributed by atoms with Gasteiger partial charge in [-0.3, -0.25) is 19.3 Å². The Balaban J connectivity index is 1.29. The predicted molar refractivity (Wildman–Crippen MR) is 133 cm³/mol. The fourth-order valence-electron chi connectivity index (χ4n) is 3.93. The number of hydrogen-bond donors (Lipinski definition) is 2. The summed E-state index contributed by atoms with van der Waals surface area (Å²) in [5.74, 6) is -0.232. The number of carbonyl (C=O) groups is 3. The molecule has 0 atom stereocenters. The quantitative estimate of drug-likeness (QED) is 0.536. The van der Waals surface area contributed by atoms with Gasteiger partial charge in [-0.1, -0.05) is 25.1 Å². The maximum Gasteiger partial charge on any atom is 0.291 e. The molecule has 8 nitrogen and oxygen atoms in total. The summed E-state index contributed by atoms with van der Waals surface area (Å²) in [6, 6.07) is 12.9. The van der Waals surface area contributed by atoms with Gasteiger partial charge in [0, 0.05) is 31.9 Å². The number of carbonyl (C=O) groups excluding carboxylic acids is 3. The lowest BCUT2D eigenvalue weighted by Gasteiger charge is -2.34. The first-order valence-corrected chi connectivity index (χ1v) is 12.1. The Morgan fingerprint density at radius 2 is 1.79 bits per heavy atom. The molecule has 0 bridgehead atoms. The summed E-state index contributed by atoms with van der Waals surface area (Å²) in [4.78, 5) is 42.3. The molecule has 9 heteroatoms. The van der Waals surface area contributed by atoms with Crippen molar-refractivity contribution < 1.29 is 18.8 Å². The Morgan fingerprint density at radius 3 is 2.50 bits per heavy atom. The zero-order valence-corrected chi connectivity index (χ0v) is 20.1. The average Bonchev–Trinajstić information content (AvgIpc) is 3.49. The van der Waals surface area contributed by atoms with E-state index in [0.29, 0.717) is 42.6 Å². The van der Waals surface area contributed by atoms with Crippen LogP contribution in [0.3, 0.4) is 0 Å². The van der Waals surface area contributed by atoms with E-state index >= 15 is 0 Å². The first-order valence-electron chi connectivity index (χ1n) is 11.3. The maximum absolute atomic E-state index is 13.1.